The number of rotatable bonds is 6. The predicted octanol–water partition coefficient (Wildman–Crippen LogP) is 1.94. The highest BCUT2D eigenvalue weighted by atomic mass is 16.5. The van der Waals surface area contributed by atoms with Gasteiger partial charge in [-0.05, 0) is 12.8 Å². The first-order chi connectivity index (χ1) is 12.7. The van der Waals surface area contributed by atoms with E-state index in [1.807, 2.05) is 30.3 Å². The van der Waals surface area contributed by atoms with Crippen LogP contribution in [-0.2, 0) is 6.42 Å². The summed E-state index contributed by atoms with van der Waals surface area (Å²) in [6.45, 7) is -0.0202. The first kappa shape index (κ1) is 16.5. The Kier molecular flexibility index (Phi) is 4.49. The first-order valence-corrected chi connectivity index (χ1v) is 8.49. The van der Waals surface area contributed by atoms with Crippen molar-refractivity contribution in [3.05, 3.63) is 53.9 Å². The number of carbonyl (C=O) groups excluding carboxylic acids is 1. The maximum Gasteiger partial charge on any atom is 0.273 e. The van der Waals surface area contributed by atoms with E-state index in [1.54, 1.807) is 6.07 Å². The molecular weight excluding hydrogens is 336 g/mol. The number of aromatic nitrogens is 3. The molecule has 3 aromatic rings. The Morgan fingerprint density at radius 1 is 1.23 bits per heavy atom. The van der Waals surface area contributed by atoms with E-state index in [9.17, 15) is 4.79 Å². The molecule has 0 aliphatic heterocycles. The Morgan fingerprint density at radius 2 is 2.04 bits per heavy atom. The normalized spacial score (nSPS) is 19.1. The highest BCUT2D eigenvalue weighted by molar-refractivity contribution is 5.93. The van der Waals surface area contributed by atoms with Gasteiger partial charge < -0.3 is 19.4 Å². The lowest BCUT2D eigenvalue weighted by atomic mass is 9.80. The molecule has 1 saturated carbocycles. The molecule has 134 valence electrons. The van der Waals surface area contributed by atoms with Crippen LogP contribution in [0.2, 0.25) is 0 Å². The molecule has 26 heavy (non-hydrogen) atoms. The molecule has 8 heteroatoms. The zero-order valence-corrected chi connectivity index (χ0v) is 14.0. The van der Waals surface area contributed by atoms with Crippen molar-refractivity contribution >= 4 is 5.91 Å². The number of benzene rings is 1. The second-order valence-corrected chi connectivity index (χ2v) is 6.29. The molecule has 8 nitrogen and oxygen atoms in total. The van der Waals surface area contributed by atoms with Gasteiger partial charge in [-0.3, -0.25) is 4.79 Å². The molecule has 0 unspecified atom stereocenters. The van der Waals surface area contributed by atoms with Crippen molar-refractivity contribution < 1.29 is 18.8 Å². The Hall–Kier alpha value is -3.00. The monoisotopic (exact) mass is 354 g/mol. The smallest absolute Gasteiger partial charge is 0.273 e. The van der Waals surface area contributed by atoms with Gasteiger partial charge in [-0.15, -0.1) is 10.2 Å². The molecule has 1 amide bonds. The fraction of sp³-hybridized carbons (Fsp3) is 0.333. The molecule has 2 heterocycles. The van der Waals surface area contributed by atoms with Gasteiger partial charge >= 0.3 is 0 Å². The molecule has 0 spiro atoms. The summed E-state index contributed by atoms with van der Waals surface area (Å²) in [5.74, 6) is 1.44. The molecule has 1 aliphatic rings. The van der Waals surface area contributed by atoms with E-state index in [0.717, 1.165) is 18.4 Å². The summed E-state index contributed by atoms with van der Waals surface area (Å²) in [7, 11) is 0. The maximum atomic E-state index is 12.3. The van der Waals surface area contributed by atoms with Gasteiger partial charge in [0, 0.05) is 30.0 Å². The van der Waals surface area contributed by atoms with Gasteiger partial charge in [0.15, 0.2) is 11.5 Å². The van der Waals surface area contributed by atoms with E-state index < -0.39 is 0 Å². The Morgan fingerprint density at radius 3 is 2.81 bits per heavy atom. The average molecular weight is 354 g/mol. The summed E-state index contributed by atoms with van der Waals surface area (Å²) < 4.78 is 10.8. The van der Waals surface area contributed by atoms with Crippen molar-refractivity contribution in [3.8, 4) is 11.3 Å². The molecule has 2 aromatic heterocycles. The maximum absolute atomic E-state index is 12.3. The zero-order valence-electron chi connectivity index (χ0n) is 14.0. The van der Waals surface area contributed by atoms with Crippen LogP contribution in [-0.4, -0.2) is 39.0 Å². The largest absolute Gasteiger partial charge is 0.425 e. The van der Waals surface area contributed by atoms with Gasteiger partial charge in [0.1, 0.15) is 0 Å². The van der Waals surface area contributed by atoms with Gasteiger partial charge in [-0.25, -0.2) is 0 Å². The molecule has 1 aromatic carbocycles. The van der Waals surface area contributed by atoms with Crippen LogP contribution in [0.1, 0.15) is 41.0 Å². The fourth-order valence-corrected chi connectivity index (χ4v) is 2.95. The van der Waals surface area contributed by atoms with Crippen molar-refractivity contribution in [2.45, 2.75) is 31.2 Å². The van der Waals surface area contributed by atoms with Crippen LogP contribution in [0.5, 0.6) is 0 Å². The molecule has 2 N–H and O–H groups in total. The Bertz CT molecular complexity index is 884. The van der Waals surface area contributed by atoms with Crippen molar-refractivity contribution in [3.63, 3.8) is 0 Å². The third-order valence-electron chi connectivity index (χ3n) is 4.43. The summed E-state index contributed by atoms with van der Waals surface area (Å²) in [5, 5.41) is 23.6. The number of aliphatic hydroxyl groups is 1. The first-order valence-electron chi connectivity index (χ1n) is 8.49. The third kappa shape index (κ3) is 3.36. The second-order valence-electron chi connectivity index (χ2n) is 6.29. The minimum absolute atomic E-state index is 0.0202. The lowest BCUT2D eigenvalue weighted by molar-refractivity contribution is 0.0893. The van der Waals surface area contributed by atoms with Gasteiger partial charge in [0.2, 0.25) is 11.8 Å². The topological polar surface area (TPSA) is 114 Å². The standard InChI is InChI=1S/C18H18N4O4/c23-7-6-16-20-21-18(25-16)12-8-13(9-12)19-17(24)14-10-15(26-22-14)11-4-2-1-3-5-11/h1-5,10,12-13,23H,6-9H2,(H,19,24)/t12-,13-. The summed E-state index contributed by atoms with van der Waals surface area (Å²) in [5.41, 5.74) is 1.13. The van der Waals surface area contributed by atoms with Gasteiger partial charge in [-0.2, -0.15) is 0 Å². The minimum Gasteiger partial charge on any atom is -0.425 e. The molecule has 0 saturated heterocycles. The molecule has 4 rings (SSSR count). The van der Waals surface area contributed by atoms with Crippen molar-refractivity contribution in [2.75, 3.05) is 6.61 Å². The van der Waals surface area contributed by atoms with E-state index in [0.29, 0.717) is 24.0 Å². The number of hydrogen-bond donors (Lipinski definition) is 2. The molecular formula is C18H18N4O4. The lowest BCUT2D eigenvalue weighted by Gasteiger charge is -2.33. The number of aliphatic hydroxyl groups excluding tert-OH is 1. The second kappa shape index (κ2) is 7.09. The van der Waals surface area contributed by atoms with Crippen molar-refractivity contribution in [2.24, 2.45) is 0 Å². The van der Waals surface area contributed by atoms with Gasteiger partial charge in [0.25, 0.3) is 5.91 Å². The average Bonchev–Trinajstić information content (AvgIpc) is 3.28. The number of carbonyl (C=O) groups is 1. The van der Waals surface area contributed by atoms with E-state index in [4.69, 9.17) is 14.0 Å². The number of nitrogens with one attached hydrogen (secondary N) is 1. The van der Waals surface area contributed by atoms with Crippen LogP contribution in [0.3, 0.4) is 0 Å². The van der Waals surface area contributed by atoms with Crippen LogP contribution < -0.4 is 5.32 Å². The van der Waals surface area contributed by atoms with E-state index >= 15 is 0 Å². The number of amides is 1. The summed E-state index contributed by atoms with van der Waals surface area (Å²) in [6, 6.07) is 11.2. The Labute approximate surface area is 149 Å². The highest BCUT2D eigenvalue weighted by Gasteiger charge is 2.35. The summed E-state index contributed by atoms with van der Waals surface area (Å²) in [4.78, 5) is 12.3. The SMILES string of the molecule is O=C(N[C@H]1C[C@H](c2nnc(CCO)o2)C1)c1cc(-c2ccccc2)on1. The lowest BCUT2D eigenvalue weighted by Crippen LogP contribution is -2.43. The Balaban J connectivity index is 1.32. The highest BCUT2D eigenvalue weighted by Crippen LogP contribution is 2.36. The van der Waals surface area contributed by atoms with Crippen molar-refractivity contribution in [1.82, 2.24) is 20.7 Å². The van der Waals surface area contributed by atoms with Gasteiger partial charge in [0.05, 0.1) is 6.61 Å². The van der Waals surface area contributed by atoms with Crippen LogP contribution in [0, 0.1) is 0 Å². The third-order valence-corrected chi connectivity index (χ3v) is 4.43. The molecule has 0 atom stereocenters. The van der Waals surface area contributed by atoms with E-state index in [1.165, 1.54) is 0 Å². The van der Waals surface area contributed by atoms with Crippen LogP contribution >= 0.6 is 0 Å². The molecule has 0 bridgehead atoms. The van der Waals surface area contributed by atoms with E-state index in [-0.39, 0.29) is 30.2 Å². The summed E-state index contributed by atoms with van der Waals surface area (Å²) in [6.07, 6.45) is 1.82. The van der Waals surface area contributed by atoms with Gasteiger partial charge in [-0.1, -0.05) is 35.5 Å². The minimum atomic E-state index is -0.258. The van der Waals surface area contributed by atoms with Crippen LogP contribution in [0.15, 0.2) is 45.3 Å². The number of hydrogen-bond acceptors (Lipinski definition) is 7. The molecule has 0 radical (unpaired) electrons. The van der Waals surface area contributed by atoms with Crippen LogP contribution in [0.25, 0.3) is 11.3 Å². The number of nitrogens with zero attached hydrogens (tertiary/aromatic N) is 3. The molecule has 1 aliphatic carbocycles. The van der Waals surface area contributed by atoms with Crippen molar-refractivity contribution in [1.29, 1.82) is 0 Å². The molecule has 1 fully saturated rings. The van der Waals surface area contributed by atoms with E-state index in [2.05, 4.69) is 20.7 Å². The summed E-state index contributed by atoms with van der Waals surface area (Å²) >= 11 is 0. The van der Waals surface area contributed by atoms with Crippen LogP contribution in [0.4, 0.5) is 0 Å². The zero-order chi connectivity index (χ0) is 17.9. The fourth-order valence-electron chi connectivity index (χ4n) is 2.95. The predicted molar refractivity (Wildman–Crippen MR) is 90.3 cm³/mol. The quantitative estimate of drug-likeness (QED) is 0.695.